The number of aliphatic hydroxyl groups is 1. The van der Waals surface area contributed by atoms with E-state index in [1.54, 1.807) is 70.3 Å². The van der Waals surface area contributed by atoms with Gasteiger partial charge in [0.15, 0.2) is 0 Å². The molecule has 1 saturated heterocycles. The number of hydrogen-bond donors (Lipinski definition) is 3. The molecule has 2 aliphatic heterocycles. The lowest BCUT2D eigenvalue weighted by Crippen LogP contribution is -2.61. The third-order valence-corrected chi connectivity index (χ3v) is 6.45. The number of amides is 2. The number of aromatic amines is 1. The Kier molecular flexibility index (Phi) is 7.22. The molecule has 1 aromatic carbocycles. The maximum absolute atomic E-state index is 13.1. The Morgan fingerprint density at radius 2 is 1.86 bits per heavy atom. The summed E-state index contributed by atoms with van der Waals surface area (Å²) in [4.78, 5) is 54.4. The molecule has 10 heteroatoms. The van der Waals surface area contributed by atoms with Crippen molar-refractivity contribution in [1.82, 2.24) is 9.88 Å². The van der Waals surface area contributed by atoms with Crippen molar-refractivity contribution in [3.63, 3.8) is 0 Å². The maximum atomic E-state index is 13.1. The van der Waals surface area contributed by atoms with Crippen LogP contribution in [0.1, 0.15) is 45.2 Å². The highest BCUT2D eigenvalue weighted by molar-refractivity contribution is 6.06. The van der Waals surface area contributed by atoms with Crippen LogP contribution in [-0.2, 0) is 35.1 Å². The Morgan fingerprint density at radius 1 is 1.16 bits per heavy atom. The number of anilines is 1. The highest BCUT2D eigenvalue weighted by Crippen LogP contribution is 2.47. The number of H-pyrrole nitrogens is 1. The van der Waals surface area contributed by atoms with E-state index in [1.807, 2.05) is 0 Å². The molecule has 0 bridgehead atoms. The fraction of sp³-hybridized carbons (Fsp3) is 0.407. The molecule has 2 amide bonds. The average molecular weight is 510 g/mol. The molecule has 1 fully saturated rings. The minimum atomic E-state index is -0.862. The molecular formula is C27H31N3O7. The van der Waals surface area contributed by atoms with Crippen LogP contribution in [0.25, 0.3) is 5.57 Å². The molecule has 0 aliphatic carbocycles. The summed E-state index contributed by atoms with van der Waals surface area (Å²) in [5.41, 5.74) is 1.38. The second kappa shape index (κ2) is 10.2. The number of ether oxygens (including phenoxy) is 2. The topological polar surface area (TPSA) is 138 Å². The lowest BCUT2D eigenvalue weighted by atomic mass is 9.82. The first kappa shape index (κ1) is 26.2. The molecule has 37 heavy (non-hydrogen) atoms. The van der Waals surface area contributed by atoms with Crippen LogP contribution in [0.15, 0.2) is 48.3 Å². The van der Waals surface area contributed by atoms with Crippen LogP contribution in [0.4, 0.5) is 5.82 Å². The number of fused-ring (bicyclic) bond motifs is 1. The van der Waals surface area contributed by atoms with Crippen molar-refractivity contribution in [2.45, 2.75) is 52.7 Å². The molecule has 4 rings (SSSR count). The average Bonchev–Trinajstić information content (AvgIpc) is 3.44. The first-order valence-electron chi connectivity index (χ1n) is 12.1. The molecule has 0 radical (unpaired) electrons. The van der Waals surface area contributed by atoms with E-state index in [1.165, 1.54) is 4.90 Å². The van der Waals surface area contributed by atoms with Crippen LogP contribution >= 0.6 is 0 Å². The Hall–Kier alpha value is -3.92. The molecule has 2 aromatic rings. The number of aliphatic hydroxyl groups excluding tert-OH is 1. The number of carbonyl (C=O) groups excluding carboxylic acids is 4. The molecule has 3 atom stereocenters. The summed E-state index contributed by atoms with van der Waals surface area (Å²) in [7, 11) is 0. The van der Waals surface area contributed by atoms with Gasteiger partial charge in [0.2, 0.25) is 18.6 Å². The molecule has 3 heterocycles. The van der Waals surface area contributed by atoms with E-state index in [0.717, 1.165) is 5.56 Å². The Balaban J connectivity index is 1.51. The van der Waals surface area contributed by atoms with E-state index in [4.69, 9.17) is 9.47 Å². The summed E-state index contributed by atoms with van der Waals surface area (Å²) < 4.78 is 10.3. The Labute approximate surface area is 214 Å². The Morgan fingerprint density at radius 3 is 2.46 bits per heavy atom. The quantitative estimate of drug-likeness (QED) is 0.282. The smallest absolute Gasteiger partial charge is 0.358 e. The fourth-order valence-corrected chi connectivity index (χ4v) is 4.55. The van der Waals surface area contributed by atoms with E-state index in [9.17, 15) is 24.3 Å². The summed E-state index contributed by atoms with van der Waals surface area (Å²) in [5, 5.41) is 12.9. The van der Waals surface area contributed by atoms with E-state index in [0.29, 0.717) is 23.4 Å². The maximum Gasteiger partial charge on any atom is 0.358 e. The van der Waals surface area contributed by atoms with Gasteiger partial charge < -0.3 is 29.8 Å². The minimum absolute atomic E-state index is 0.0796. The van der Waals surface area contributed by atoms with Crippen molar-refractivity contribution in [2.75, 3.05) is 12.1 Å². The SMILES string of the molecule is C[C@@H](O)[C@H]1C(=O)N2C(C(=O)OCOC(=O)C(C)(C)C)=C(c3ccc(CC(=O)Nc4ccc[nH]4)cc3)C[C@H]12. The van der Waals surface area contributed by atoms with Gasteiger partial charge in [-0.2, -0.15) is 0 Å². The van der Waals surface area contributed by atoms with Crippen LogP contribution in [-0.4, -0.2) is 57.7 Å². The second-order valence-electron chi connectivity index (χ2n) is 10.3. The number of esters is 2. The van der Waals surface area contributed by atoms with E-state index >= 15 is 0 Å². The molecule has 0 saturated carbocycles. The number of aromatic nitrogens is 1. The number of rotatable bonds is 8. The van der Waals surface area contributed by atoms with Gasteiger partial charge in [0, 0.05) is 6.20 Å². The third kappa shape index (κ3) is 5.43. The normalized spacial score (nSPS) is 19.7. The second-order valence-corrected chi connectivity index (χ2v) is 10.3. The molecule has 0 spiro atoms. The number of β-lactam (4-membered cyclic amide) rings is 1. The first-order valence-corrected chi connectivity index (χ1v) is 12.1. The zero-order valence-electron chi connectivity index (χ0n) is 21.2. The fourth-order valence-electron chi connectivity index (χ4n) is 4.55. The standard InChI is InChI=1S/C27H31N3O7/c1-15(31)22-19-13-18(17-9-7-16(8-10-17)12-21(32)29-20-6-5-11-28-20)23(30(19)24(22)33)25(34)36-14-37-26(35)27(2,3)4/h5-11,15,19,22,28,31H,12-14H2,1-4H3,(H,29,32)/t15-,19-,22-/m1/s1. The highest BCUT2D eigenvalue weighted by atomic mass is 16.7. The van der Waals surface area contributed by atoms with Crippen LogP contribution in [0, 0.1) is 11.3 Å². The largest absolute Gasteiger partial charge is 0.427 e. The van der Waals surface area contributed by atoms with Crippen LogP contribution in [0.2, 0.25) is 0 Å². The number of benzene rings is 1. The van der Waals surface area contributed by atoms with Crippen molar-refractivity contribution in [1.29, 1.82) is 0 Å². The van der Waals surface area contributed by atoms with Crippen LogP contribution in [0.3, 0.4) is 0 Å². The van der Waals surface area contributed by atoms with E-state index in [2.05, 4.69) is 10.3 Å². The van der Waals surface area contributed by atoms with E-state index < -0.39 is 36.2 Å². The van der Waals surface area contributed by atoms with Gasteiger partial charge in [-0.15, -0.1) is 0 Å². The molecular weight excluding hydrogens is 478 g/mol. The summed E-state index contributed by atoms with van der Waals surface area (Å²) in [6.07, 6.45) is 1.37. The highest BCUT2D eigenvalue weighted by Gasteiger charge is 2.57. The van der Waals surface area contributed by atoms with Crippen molar-refractivity contribution in [3.8, 4) is 0 Å². The predicted octanol–water partition coefficient (Wildman–Crippen LogP) is 2.61. The number of hydrogen-bond acceptors (Lipinski definition) is 7. The Bertz CT molecular complexity index is 1220. The van der Waals surface area contributed by atoms with Crippen LogP contribution < -0.4 is 5.32 Å². The van der Waals surface area contributed by atoms with Crippen molar-refractivity contribution >= 4 is 35.1 Å². The van der Waals surface area contributed by atoms with Gasteiger partial charge in [-0.05, 0) is 62.9 Å². The van der Waals surface area contributed by atoms with Gasteiger partial charge in [0.05, 0.1) is 29.9 Å². The summed E-state index contributed by atoms with van der Waals surface area (Å²) in [6.45, 7) is 6.02. The molecule has 0 unspecified atom stereocenters. The zero-order valence-corrected chi connectivity index (χ0v) is 21.2. The lowest BCUT2D eigenvalue weighted by Gasteiger charge is -2.44. The summed E-state index contributed by atoms with van der Waals surface area (Å²) in [5.74, 6) is -1.86. The van der Waals surface area contributed by atoms with Crippen molar-refractivity contribution in [3.05, 3.63) is 59.4 Å². The van der Waals surface area contributed by atoms with Gasteiger partial charge in [-0.1, -0.05) is 24.3 Å². The monoisotopic (exact) mass is 509 g/mol. The van der Waals surface area contributed by atoms with Gasteiger partial charge in [-0.25, -0.2) is 4.79 Å². The van der Waals surface area contributed by atoms with Gasteiger partial charge in [-0.3, -0.25) is 14.4 Å². The molecule has 10 nitrogen and oxygen atoms in total. The van der Waals surface area contributed by atoms with Crippen LogP contribution in [0.5, 0.6) is 0 Å². The molecule has 1 aromatic heterocycles. The third-order valence-electron chi connectivity index (χ3n) is 6.45. The van der Waals surface area contributed by atoms with Gasteiger partial charge in [0.25, 0.3) is 0 Å². The lowest BCUT2D eigenvalue weighted by molar-refractivity contribution is -0.175. The zero-order chi connectivity index (χ0) is 26.9. The summed E-state index contributed by atoms with van der Waals surface area (Å²) >= 11 is 0. The number of carbonyl (C=O) groups is 4. The van der Waals surface area contributed by atoms with Gasteiger partial charge in [0.1, 0.15) is 11.5 Å². The van der Waals surface area contributed by atoms with Gasteiger partial charge >= 0.3 is 11.9 Å². The first-order chi connectivity index (χ1) is 17.5. The van der Waals surface area contributed by atoms with Crippen molar-refractivity contribution in [2.24, 2.45) is 11.3 Å². The molecule has 2 aliphatic rings. The summed E-state index contributed by atoms with van der Waals surface area (Å²) in [6, 6.07) is 10.3. The molecule has 3 N–H and O–H groups in total. The predicted molar refractivity (Wildman–Crippen MR) is 133 cm³/mol. The van der Waals surface area contributed by atoms with Crippen molar-refractivity contribution < 1.29 is 33.8 Å². The number of nitrogens with one attached hydrogen (secondary N) is 2. The molecule has 196 valence electrons. The minimum Gasteiger partial charge on any atom is -0.427 e. The van der Waals surface area contributed by atoms with E-state index in [-0.39, 0.29) is 30.0 Å². The number of nitrogens with zero attached hydrogens (tertiary/aromatic N) is 1.